The fraction of sp³-hybridized carbons (Fsp3) is 0.333. The molecule has 5 nitrogen and oxygen atoms in total. The number of pyridine rings is 1. The zero-order valence-electron chi connectivity index (χ0n) is 10.6. The highest BCUT2D eigenvalue weighted by Gasteiger charge is 1.97. The van der Waals surface area contributed by atoms with Gasteiger partial charge in [-0.25, -0.2) is 9.98 Å². The molecular formula is C12H19IN4O. The number of aliphatic imine (C=N–C) groups is 1. The van der Waals surface area contributed by atoms with Crippen molar-refractivity contribution in [3.63, 3.8) is 0 Å². The molecule has 6 heteroatoms. The van der Waals surface area contributed by atoms with Gasteiger partial charge in [0.15, 0.2) is 5.96 Å². The van der Waals surface area contributed by atoms with Crippen LogP contribution in [0.5, 0.6) is 5.88 Å². The van der Waals surface area contributed by atoms with Crippen molar-refractivity contribution in [3.8, 4) is 5.88 Å². The summed E-state index contributed by atoms with van der Waals surface area (Å²) in [6.07, 6.45) is 0. The molecule has 0 saturated carbocycles. The summed E-state index contributed by atoms with van der Waals surface area (Å²) in [5.41, 5.74) is 7.49. The van der Waals surface area contributed by atoms with Crippen LogP contribution in [-0.4, -0.2) is 24.6 Å². The van der Waals surface area contributed by atoms with E-state index in [0.29, 0.717) is 24.9 Å². The van der Waals surface area contributed by atoms with Gasteiger partial charge in [-0.2, -0.15) is 0 Å². The second-order valence-electron chi connectivity index (χ2n) is 3.68. The third-order valence-electron chi connectivity index (χ3n) is 1.97. The van der Waals surface area contributed by atoms with Crippen molar-refractivity contribution < 1.29 is 4.74 Å². The van der Waals surface area contributed by atoms with Gasteiger partial charge in [0.1, 0.15) is 0 Å². The topological polar surface area (TPSA) is 72.5 Å². The highest BCUT2D eigenvalue weighted by Crippen LogP contribution is 2.07. The van der Waals surface area contributed by atoms with Crippen LogP contribution in [-0.2, 0) is 6.54 Å². The van der Waals surface area contributed by atoms with Gasteiger partial charge in [-0.3, -0.25) is 0 Å². The van der Waals surface area contributed by atoms with Crippen LogP contribution in [0.4, 0.5) is 0 Å². The summed E-state index contributed by atoms with van der Waals surface area (Å²) in [7, 11) is 1.58. The third kappa shape index (κ3) is 6.43. The zero-order chi connectivity index (χ0) is 12.7. The number of hydrogen-bond acceptors (Lipinski definition) is 3. The smallest absolute Gasteiger partial charge is 0.213 e. The van der Waals surface area contributed by atoms with Crippen LogP contribution in [0.1, 0.15) is 12.6 Å². The van der Waals surface area contributed by atoms with E-state index in [1.807, 2.05) is 19.1 Å². The van der Waals surface area contributed by atoms with Crippen molar-refractivity contribution in [2.45, 2.75) is 13.5 Å². The molecule has 100 valence electrons. The first-order chi connectivity index (χ1) is 8.11. The lowest BCUT2D eigenvalue weighted by Crippen LogP contribution is -2.32. The Morgan fingerprint density at radius 2 is 2.28 bits per heavy atom. The number of methoxy groups -OCH3 is 1. The lowest BCUT2D eigenvalue weighted by atomic mass is 10.3. The van der Waals surface area contributed by atoms with Gasteiger partial charge in [-0.1, -0.05) is 18.2 Å². The number of nitrogens with two attached hydrogens (primary N) is 1. The molecule has 0 atom stereocenters. The van der Waals surface area contributed by atoms with Crippen LogP contribution in [0.2, 0.25) is 0 Å². The number of halogens is 1. The highest BCUT2D eigenvalue weighted by molar-refractivity contribution is 14.0. The van der Waals surface area contributed by atoms with E-state index in [4.69, 9.17) is 10.5 Å². The number of hydrogen-bond donors (Lipinski definition) is 2. The average Bonchev–Trinajstić information content (AvgIpc) is 2.34. The molecule has 1 aromatic rings. The van der Waals surface area contributed by atoms with Crippen molar-refractivity contribution in [1.29, 1.82) is 0 Å². The molecule has 3 N–H and O–H groups in total. The summed E-state index contributed by atoms with van der Waals surface area (Å²) >= 11 is 0. The Morgan fingerprint density at radius 3 is 2.89 bits per heavy atom. The maximum absolute atomic E-state index is 5.68. The molecule has 0 bridgehead atoms. The quantitative estimate of drug-likeness (QED) is 0.362. The Labute approximate surface area is 125 Å². The van der Waals surface area contributed by atoms with E-state index in [9.17, 15) is 0 Å². The van der Waals surface area contributed by atoms with Crippen LogP contribution in [0.3, 0.4) is 0 Å². The molecule has 0 spiro atoms. The number of nitrogens with one attached hydrogen (secondary N) is 1. The second-order valence-corrected chi connectivity index (χ2v) is 3.68. The molecule has 1 heterocycles. The third-order valence-corrected chi connectivity index (χ3v) is 1.97. The van der Waals surface area contributed by atoms with E-state index in [0.717, 1.165) is 11.3 Å². The van der Waals surface area contributed by atoms with E-state index >= 15 is 0 Å². The minimum absolute atomic E-state index is 0. The molecule has 0 aliphatic heterocycles. The molecule has 0 aromatic carbocycles. The summed E-state index contributed by atoms with van der Waals surface area (Å²) in [6.45, 7) is 6.74. The zero-order valence-corrected chi connectivity index (χ0v) is 13.0. The molecular weight excluding hydrogens is 343 g/mol. The molecule has 0 aliphatic carbocycles. The second kappa shape index (κ2) is 8.73. The fourth-order valence-corrected chi connectivity index (χ4v) is 1.12. The SMILES string of the molecule is C=C(C)CNC(N)=NCc1cccc(OC)n1.I. The van der Waals surface area contributed by atoms with Crippen molar-refractivity contribution in [1.82, 2.24) is 10.3 Å². The minimum atomic E-state index is 0. The van der Waals surface area contributed by atoms with Crippen molar-refractivity contribution in [3.05, 3.63) is 36.0 Å². The van der Waals surface area contributed by atoms with E-state index < -0.39 is 0 Å². The van der Waals surface area contributed by atoms with E-state index in [1.54, 1.807) is 13.2 Å². The van der Waals surface area contributed by atoms with Gasteiger partial charge < -0.3 is 15.8 Å². The average molecular weight is 362 g/mol. The van der Waals surface area contributed by atoms with Gasteiger partial charge in [-0.05, 0) is 13.0 Å². The van der Waals surface area contributed by atoms with Gasteiger partial charge in [0.2, 0.25) is 5.88 Å². The first-order valence-corrected chi connectivity index (χ1v) is 5.30. The summed E-state index contributed by atoms with van der Waals surface area (Å²) in [6, 6.07) is 5.53. The van der Waals surface area contributed by atoms with Gasteiger partial charge in [0.25, 0.3) is 0 Å². The van der Waals surface area contributed by atoms with Gasteiger partial charge in [0, 0.05) is 12.6 Å². The van der Waals surface area contributed by atoms with E-state index in [1.165, 1.54) is 0 Å². The predicted octanol–water partition coefficient (Wildman–Crippen LogP) is 1.69. The van der Waals surface area contributed by atoms with Gasteiger partial charge >= 0.3 is 0 Å². The largest absolute Gasteiger partial charge is 0.481 e. The molecule has 0 aliphatic rings. The van der Waals surface area contributed by atoms with Crippen LogP contribution in [0.25, 0.3) is 0 Å². The van der Waals surface area contributed by atoms with Crippen LogP contribution >= 0.6 is 24.0 Å². The van der Waals surface area contributed by atoms with Crippen LogP contribution < -0.4 is 15.8 Å². The molecule has 1 aromatic heterocycles. The number of ether oxygens (including phenoxy) is 1. The Kier molecular flexibility index (Phi) is 8.10. The van der Waals surface area contributed by atoms with E-state index in [2.05, 4.69) is 21.9 Å². The molecule has 0 fully saturated rings. The highest BCUT2D eigenvalue weighted by atomic mass is 127. The Balaban J connectivity index is 0.00000289. The Hall–Kier alpha value is -1.31. The Morgan fingerprint density at radius 1 is 1.56 bits per heavy atom. The van der Waals surface area contributed by atoms with Crippen molar-refractivity contribution in [2.75, 3.05) is 13.7 Å². The standard InChI is InChI=1S/C12H18N4O.HI/c1-9(2)7-14-12(13)15-8-10-5-4-6-11(16-10)17-3;/h4-6H,1,7-8H2,2-3H3,(H3,13,14,15);1H. The number of aromatic nitrogens is 1. The summed E-state index contributed by atoms with van der Waals surface area (Å²) in [4.78, 5) is 8.39. The lowest BCUT2D eigenvalue weighted by molar-refractivity contribution is 0.396. The van der Waals surface area contributed by atoms with Crippen molar-refractivity contribution >= 4 is 29.9 Å². The van der Waals surface area contributed by atoms with Gasteiger partial charge in [-0.15, -0.1) is 24.0 Å². The minimum Gasteiger partial charge on any atom is -0.481 e. The van der Waals surface area contributed by atoms with E-state index in [-0.39, 0.29) is 24.0 Å². The number of nitrogens with zero attached hydrogens (tertiary/aromatic N) is 2. The number of rotatable bonds is 5. The number of guanidine groups is 1. The summed E-state index contributed by atoms with van der Waals surface area (Å²) in [5.74, 6) is 0.962. The van der Waals surface area contributed by atoms with Crippen LogP contribution in [0.15, 0.2) is 35.3 Å². The Bertz CT molecular complexity index is 420. The lowest BCUT2D eigenvalue weighted by Gasteiger charge is -2.05. The van der Waals surface area contributed by atoms with Gasteiger partial charge in [0.05, 0.1) is 19.3 Å². The molecule has 18 heavy (non-hydrogen) atoms. The first kappa shape index (κ1) is 16.7. The maximum atomic E-state index is 5.68. The summed E-state index contributed by atoms with van der Waals surface area (Å²) < 4.78 is 5.02. The fourth-order valence-electron chi connectivity index (χ4n) is 1.12. The normalized spacial score (nSPS) is 10.4. The molecule has 0 unspecified atom stereocenters. The first-order valence-electron chi connectivity index (χ1n) is 5.30. The summed E-state index contributed by atoms with van der Waals surface area (Å²) in [5, 5.41) is 2.95. The maximum Gasteiger partial charge on any atom is 0.213 e. The molecule has 1 rings (SSSR count). The predicted molar refractivity (Wildman–Crippen MR) is 84.3 cm³/mol. The van der Waals surface area contributed by atoms with Crippen molar-refractivity contribution in [2.24, 2.45) is 10.7 Å². The molecule has 0 saturated heterocycles. The monoisotopic (exact) mass is 362 g/mol. The molecule has 0 amide bonds. The molecule has 0 radical (unpaired) electrons. The van der Waals surface area contributed by atoms with Crippen LogP contribution in [0, 0.1) is 0 Å².